The van der Waals surface area contributed by atoms with Gasteiger partial charge < -0.3 is 14.2 Å². The van der Waals surface area contributed by atoms with Gasteiger partial charge in [0.15, 0.2) is 11.5 Å². The molecular weight excluding hydrogens is 809 g/mol. The Morgan fingerprint density at radius 2 is 0.712 bits per heavy atom. The molecule has 0 aliphatic rings. The van der Waals surface area contributed by atoms with Crippen molar-refractivity contribution in [3.63, 3.8) is 0 Å². The van der Waals surface area contributed by atoms with E-state index in [2.05, 4.69) is 75.4 Å². The molecule has 0 aliphatic heterocycles. The van der Waals surface area contributed by atoms with Gasteiger partial charge >= 0.3 is 5.97 Å². The summed E-state index contributed by atoms with van der Waals surface area (Å²) in [6.45, 7) is 10.5. The van der Waals surface area contributed by atoms with Crippen molar-refractivity contribution in [2.75, 3.05) is 19.8 Å². The molecule has 66 heavy (non-hydrogen) atoms. The number of ether oxygens (including phenoxy) is 3. The zero-order valence-electron chi connectivity index (χ0n) is 44.5. The molecule has 0 aromatic heterocycles. The number of carbonyl (C=O) groups is 1. The van der Waals surface area contributed by atoms with Crippen LogP contribution in [-0.4, -0.2) is 25.8 Å². The van der Waals surface area contributed by atoms with Crippen LogP contribution in [0.5, 0.6) is 11.5 Å². The molecule has 382 valence electrons. The van der Waals surface area contributed by atoms with Crippen LogP contribution in [0.25, 0.3) is 0 Å². The molecular formula is C62H110O4. The number of carbonyl (C=O) groups excluding carboxylic acids is 1. The van der Waals surface area contributed by atoms with Crippen molar-refractivity contribution < 1.29 is 19.0 Å². The summed E-state index contributed by atoms with van der Waals surface area (Å²) >= 11 is 0. The normalized spacial score (nSPS) is 12.3. The average Bonchev–Trinajstić information content (AvgIpc) is 3.32. The third-order valence-electron chi connectivity index (χ3n) is 13.3. The predicted molar refractivity (Wildman–Crippen MR) is 291 cm³/mol. The van der Waals surface area contributed by atoms with Crippen LogP contribution >= 0.6 is 0 Å². The highest BCUT2D eigenvalue weighted by Gasteiger charge is 2.23. The topological polar surface area (TPSA) is 44.8 Å². The second-order valence-electron chi connectivity index (χ2n) is 19.6. The number of unbranched alkanes of at least 4 members (excludes halogenated alkanes) is 34. The molecule has 1 aromatic carbocycles. The van der Waals surface area contributed by atoms with Crippen molar-refractivity contribution in [2.24, 2.45) is 0 Å². The Balaban J connectivity index is 2.58. The van der Waals surface area contributed by atoms with E-state index in [9.17, 15) is 4.79 Å². The number of benzene rings is 1. The molecule has 0 N–H and O–H groups in total. The number of hydrogen-bond donors (Lipinski definition) is 0. The Bertz CT molecular complexity index is 1250. The van der Waals surface area contributed by atoms with E-state index in [1.807, 2.05) is 6.92 Å². The Kier molecular flexibility index (Phi) is 47.0. The van der Waals surface area contributed by atoms with Gasteiger partial charge in [0.25, 0.3) is 0 Å². The highest BCUT2D eigenvalue weighted by molar-refractivity contribution is 5.78. The van der Waals surface area contributed by atoms with Crippen molar-refractivity contribution in [3.8, 4) is 11.5 Å². The molecule has 0 radical (unpaired) electrons. The van der Waals surface area contributed by atoms with Crippen LogP contribution in [-0.2, 0) is 9.53 Å². The van der Waals surface area contributed by atoms with Crippen molar-refractivity contribution >= 4 is 5.97 Å². The van der Waals surface area contributed by atoms with E-state index in [1.54, 1.807) is 0 Å². The summed E-state index contributed by atoms with van der Waals surface area (Å²) in [6.07, 6.45) is 66.6. The molecule has 1 aromatic rings. The number of rotatable bonds is 51. The third kappa shape index (κ3) is 39.5. The minimum Gasteiger partial charge on any atom is -0.490 e. The summed E-state index contributed by atoms with van der Waals surface area (Å²) in [4.78, 5) is 13.4. The molecule has 0 saturated heterocycles. The minimum atomic E-state index is -0.278. The van der Waals surface area contributed by atoms with Crippen LogP contribution in [0.3, 0.4) is 0 Å². The highest BCUT2D eigenvalue weighted by atomic mass is 16.5. The Labute approximate surface area is 411 Å². The van der Waals surface area contributed by atoms with Crippen molar-refractivity contribution in [3.05, 3.63) is 60.2 Å². The van der Waals surface area contributed by atoms with Crippen molar-refractivity contribution in [2.45, 2.75) is 297 Å². The summed E-state index contributed by atoms with van der Waals surface area (Å²) < 4.78 is 18.5. The van der Waals surface area contributed by atoms with E-state index in [0.29, 0.717) is 19.8 Å². The molecule has 0 heterocycles. The van der Waals surface area contributed by atoms with Gasteiger partial charge in [-0.05, 0) is 121 Å². The monoisotopic (exact) mass is 919 g/mol. The van der Waals surface area contributed by atoms with Crippen LogP contribution in [0.2, 0.25) is 0 Å². The molecule has 1 rings (SSSR count). The van der Waals surface area contributed by atoms with Gasteiger partial charge in [-0.2, -0.15) is 0 Å². The lowest BCUT2D eigenvalue weighted by Crippen LogP contribution is -2.16. The van der Waals surface area contributed by atoms with Crippen LogP contribution in [0.4, 0.5) is 0 Å². The predicted octanol–water partition coefficient (Wildman–Crippen LogP) is 20.8. The van der Waals surface area contributed by atoms with Crippen LogP contribution in [0.15, 0.2) is 54.7 Å². The van der Waals surface area contributed by atoms with Crippen molar-refractivity contribution in [1.82, 2.24) is 0 Å². The maximum atomic E-state index is 13.4. The second kappa shape index (κ2) is 50.4. The first-order chi connectivity index (χ1) is 32.7. The van der Waals surface area contributed by atoms with Gasteiger partial charge in [-0.25, -0.2) is 0 Å². The molecule has 0 fully saturated rings. The number of hydrogen-bond acceptors (Lipinski definition) is 4. The fraction of sp³-hybridized carbons (Fsp3) is 0.790. The Morgan fingerprint density at radius 3 is 1.08 bits per heavy atom. The summed E-state index contributed by atoms with van der Waals surface area (Å²) in [5.41, 5.74) is 0.992. The summed E-state index contributed by atoms with van der Waals surface area (Å²) in [5, 5.41) is 0. The van der Waals surface area contributed by atoms with Gasteiger partial charge in [0.1, 0.15) is 0 Å². The van der Waals surface area contributed by atoms with Crippen LogP contribution < -0.4 is 9.47 Å². The SMILES string of the molecule is CCCCCCCCC=CCCCCCCCCOc1ccc(C(CCCCCCC=CCCCCCCCC)C(=O)OCC)cc1OCCCCCCCCC=CCCCCCCCC. The smallest absolute Gasteiger partial charge is 0.313 e. The maximum Gasteiger partial charge on any atom is 0.313 e. The average molecular weight is 920 g/mol. The molecule has 0 aliphatic carbocycles. The van der Waals surface area contributed by atoms with Gasteiger partial charge in [-0.15, -0.1) is 0 Å². The highest BCUT2D eigenvalue weighted by Crippen LogP contribution is 2.34. The van der Waals surface area contributed by atoms with Gasteiger partial charge in [0, 0.05) is 0 Å². The molecule has 1 unspecified atom stereocenters. The van der Waals surface area contributed by atoms with E-state index < -0.39 is 0 Å². The zero-order chi connectivity index (χ0) is 47.5. The first-order valence-electron chi connectivity index (χ1n) is 29.2. The Morgan fingerprint density at radius 1 is 0.394 bits per heavy atom. The second-order valence-corrected chi connectivity index (χ2v) is 19.6. The standard InChI is InChI=1S/C62H110O4/c1-5-9-12-15-18-21-24-27-30-32-35-38-41-44-47-50-55-65-60-54-53-58(57-61(60)66-56-51-48-45-42-39-36-33-31-28-25-22-19-16-13-10-6-2)59(62(63)64-8-4)52-49-46-43-40-37-34-29-26-23-20-17-14-11-7-3/h27-31,34,53-54,57,59H,5-26,32-33,35-52,55-56H2,1-4H3. The third-order valence-corrected chi connectivity index (χ3v) is 13.3. The van der Waals surface area contributed by atoms with Gasteiger partial charge in [0.2, 0.25) is 0 Å². The first kappa shape index (κ1) is 61.5. The number of esters is 1. The van der Waals surface area contributed by atoms with E-state index in [-0.39, 0.29) is 11.9 Å². The van der Waals surface area contributed by atoms with Crippen molar-refractivity contribution in [1.29, 1.82) is 0 Å². The van der Waals surface area contributed by atoms with E-state index >= 15 is 0 Å². The van der Waals surface area contributed by atoms with E-state index in [0.717, 1.165) is 55.6 Å². The van der Waals surface area contributed by atoms with E-state index in [1.165, 1.54) is 225 Å². The van der Waals surface area contributed by atoms with Gasteiger partial charge in [-0.1, -0.05) is 230 Å². The lowest BCUT2D eigenvalue weighted by Gasteiger charge is -2.19. The molecule has 1 atom stereocenters. The van der Waals surface area contributed by atoms with Crippen LogP contribution in [0.1, 0.15) is 302 Å². The van der Waals surface area contributed by atoms with E-state index in [4.69, 9.17) is 14.2 Å². The van der Waals surface area contributed by atoms with Gasteiger partial charge in [0.05, 0.1) is 25.7 Å². The molecule has 0 amide bonds. The fourth-order valence-corrected chi connectivity index (χ4v) is 8.94. The fourth-order valence-electron chi connectivity index (χ4n) is 8.94. The molecule has 4 nitrogen and oxygen atoms in total. The minimum absolute atomic E-state index is 0.118. The zero-order valence-corrected chi connectivity index (χ0v) is 44.5. The maximum absolute atomic E-state index is 13.4. The lowest BCUT2D eigenvalue weighted by atomic mass is 9.92. The molecule has 0 saturated carbocycles. The first-order valence-corrected chi connectivity index (χ1v) is 29.2. The molecule has 4 heteroatoms. The van der Waals surface area contributed by atoms with Gasteiger partial charge in [-0.3, -0.25) is 4.79 Å². The molecule has 0 spiro atoms. The quantitative estimate of drug-likeness (QED) is 0.0371. The Hall–Kier alpha value is -2.49. The summed E-state index contributed by atoms with van der Waals surface area (Å²) in [7, 11) is 0. The molecule has 0 bridgehead atoms. The largest absolute Gasteiger partial charge is 0.490 e. The summed E-state index contributed by atoms with van der Waals surface area (Å²) in [6, 6.07) is 6.23. The van der Waals surface area contributed by atoms with Crippen LogP contribution in [0, 0.1) is 0 Å². The summed E-state index contributed by atoms with van der Waals surface area (Å²) in [5.74, 6) is 1.20. The lowest BCUT2D eigenvalue weighted by molar-refractivity contribution is -0.145. The number of allylic oxidation sites excluding steroid dienone is 6.